The third kappa shape index (κ3) is 3.71. The molecule has 0 unspecified atom stereocenters. The summed E-state index contributed by atoms with van der Waals surface area (Å²) in [5, 5.41) is 14.1. The molecule has 4 atom stereocenters. The Morgan fingerprint density at radius 2 is 1.76 bits per heavy atom. The summed E-state index contributed by atoms with van der Waals surface area (Å²) < 4.78 is 45.0. The van der Waals surface area contributed by atoms with Gasteiger partial charge in [0.15, 0.2) is 0 Å². The first-order chi connectivity index (χ1) is 13.8. The lowest BCUT2D eigenvalue weighted by Crippen LogP contribution is -2.43. The molecule has 2 fully saturated rings. The van der Waals surface area contributed by atoms with Crippen LogP contribution in [0.15, 0.2) is 30.4 Å². The van der Waals surface area contributed by atoms with Crippen LogP contribution in [0.5, 0.6) is 0 Å². The van der Waals surface area contributed by atoms with Crippen molar-refractivity contribution in [2.24, 2.45) is 23.7 Å². The van der Waals surface area contributed by atoms with Gasteiger partial charge in [-0.25, -0.2) is 0 Å². The number of carboxylic acid groups (broad SMARTS) is 1. The van der Waals surface area contributed by atoms with Gasteiger partial charge in [-0.05, 0) is 36.5 Å². The van der Waals surface area contributed by atoms with E-state index in [9.17, 15) is 27.9 Å². The zero-order valence-electron chi connectivity index (χ0n) is 15.4. The minimum absolute atomic E-state index is 0.0237. The van der Waals surface area contributed by atoms with Crippen LogP contribution in [0, 0.1) is 23.7 Å². The Labute approximate surface area is 165 Å². The summed E-state index contributed by atoms with van der Waals surface area (Å²) in [6.45, 7) is 1.82. The lowest BCUT2D eigenvalue weighted by atomic mass is 9.82. The summed E-state index contributed by atoms with van der Waals surface area (Å²) in [6, 6.07) is 3.21. The molecular weight excluding hydrogens is 389 g/mol. The van der Waals surface area contributed by atoms with Crippen molar-refractivity contribution in [3.05, 3.63) is 35.9 Å². The monoisotopic (exact) mass is 409 g/mol. The molecule has 0 spiro atoms. The van der Waals surface area contributed by atoms with E-state index in [1.165, 1.54) is 6.07 Å². The lowest BCUT2D eigenvalue weighted by Gasteiger charge is -2.32. The van der Waals surface area contributed by atoms with Gasteiger partial charge in [-0.3, -0.25) is 4.79 Å². The number of morpholine rings is 1. The number of halogens is 3. The number of benzene rings is 1. The maximum Gasteiger partial charge on any atom is 0.416 e. The second-order valence-electron chi connectivity index (χ2n) is 7.64. The van der Waals surface area contributed by atoms with Crippen molar-refractivity contribution in [3.63, 3.8) is 0 Å². The number of ether oxygens (including phenoxy) is 1. The van der Waals surface area contributed by atoms with Crippen molar-refractivity contribution in [1.29, 1.82) is 0 Å². The van der Waals surface area contributed by atoms with Crippen LogP contribution >= 0.6 is 0 Å². The summed E-state index contributed by atoms with van der Waals surface area (Å²) in [5.41, 5.74) is -0.400. The summed E-state index contributed by atoms with van der Waals surface area (Å²) in [5.74, 6) is -4.25. The molecule has 3 aliphatic rings. The molecule has 1 saturated heterocycles. The highest BCUT2D eigenvalue weighted by Gasteiger charge is 2.49. The predicted octanol–water partition coefficient (Wildman–Crippen LogP) is 1.67. The fourth-order valence-electron chi connectivity index (χ4n) is 4.61. The van der Waals surface area contributed by atoms with Gasteiger partial charge >= 0.3 is 6.18 Å². The zero-order chi connectivity index (χ0) is 20.8. The second kappa shape index (κ2) is 7.37. The first-order valence-corrected chi connectivity index (χ1v) is 9.49. The number of nitrogens with one attached hydrogen (secondary N) is 1. The van der Waals surface area contributed by atoms with Gasteiger partial charge in [-0.1, -0.05) is 12.2 Å². The summed E-state index contributed by atoms with van der Waals surface area (Å²) >= 11 is 0. The maximum absolute atomic E-state index is 13.2. The van der Waals surface area contributed by atoms with E-state index < -0.39 is 35.5 Å². The lowest BCUT2D eigenvalue weighted by molar-refractivity contribution is -0.313. The van der Waals surface area contributed by atoms with E-state index in [0.717, 1.165) is 12.1 Å². The highest BCUT2D eigenvalue weighted by Crippen LogP contribution is 2.48. The molecule has 2 bridgehead atoms. The van der Waals surface area contributed by atoms with Gasteiger partial charge in [0.2, 0.25) is 5.91 Å². The summed E-state index contributed by atoms with van der Waals surface area (Å²) in [4.78, 5) is 26.4. The molecule has 1 aliphatic heterocycles. The Hall–Kier alpha value is -2.55. The SMILES string of the molecule is O=C(Nc1cc(C(F)(F)F)ccc1N1CCOCC1)[C@@H]1[C@@H](C(=O)[O-])[C@H]2C=C[C@@H]1C2. The number of hydrogen-bond acceptors (Lipinski definition) is 5. The fourth-order valence-corrected chi connectivity index (χ4v) is 4.61. The quantitative estimate of drug-likeness (QED) is 0.766. The topological polar surface area (TPSA) is 81.7 Å². The number of hydrogen-bond donors (Lipinski definition) is 1. The Bertz CT molecular complexity index is 849. The minimum Gasteiger partial charge on any atom is -0.550 e. The first kappa shape index (κ1) is 19.8. The normalized spacial score (nSPS) is 28.6. The number of fused-ring (bicyclic) bond motifs is 2. The standard InChI is InChI=1S/C20H21F3N2O4/c21-20(22,23)13-3-4-15(25-5-7-29-8-6-25)14(10-13)24-18(26)16-11-1-2-12(9-11)17(16)19(27)28/h1-4,10-12,16-17H,5-9H2,(H,24,26)(H,27,28)/p-1/t11-,12+,16+,17+/m1/s1. The van der Waals surface area contributed by atoms with Crippen LogP contribution in [0.1, 0.15) is 12.0 Å². The van der Waals surface area contributed by atoms with E-state index in [1.807, 2.05) is 11.0 Å². The van der Waals surface area contributed by atoms with Crippen molar-refractivity contribution < 1.29 is 32.6 Å². The number of amides is 1. The Morgan fingerprint density at radius 1 is 1.10 bits per heavy atom. The smallest absolute Gasteiger partial charge is 0.416 e. The van der Waals surface area contributed by atoms with Crippen LogP contribution in [0.2, 0.25) is 0 Å². The van der Waals surface area contributed by atoms with E-state index in [1.54, 1.807) is 6.08 Å². The predicted molar refractivity (Wildman–Crippen MR) is 95.8 cm³/mol. The Morgan fingerprint density at radius 3 is 2.38 bits per heavy atom. The van der Waals surface area contributed by atoms with Gasteiger partial charge < -0.3 is 24.9 Å². The van der Waals surface area contributed by atoms with Crippen LogP contribution in [-0.2, 0) is 20.5 Å². The molecule has 4 rings (SSSR count). The number of carbonyl (C=O) groups is 2. The molecule has 0 radical (unpaired) electrons. The van der Waals surface area contributed by atoms with E-state index in [4.69, 9.17) is 4.74 Å². The molecule has 0 aromatic heterocycles. The number of anilines is 2. The molecule has 29 heavy (non-hydrogen) atoms. The van der Waals surface area contributed by atoms with Gasteiger partial charge in [0, 0.05) is 25.0 Å². The molecule has 156 valence electrons. The molecule has 1 amide bonds. The zero-order valence-corrected chi connectivity index (χ0v) is 15.4. The number of alkyl halides is 3. The second-order valence-corrected chi connectivity index (χ2v) is 7.64. The van der Waals surface area contributed by atoms with Crippen LogP contribution in [-0.4, -0.2) is 38.2 Å². The molecule has 1 heterocycles. The average Bonchev–Trinajstić information content (AvgIpc) is 3.29. The Kier molecular flexibility index (Phi) is 5.02. The minimum atomic E-state index is -4.56. The van der Waals surface area contributed by atoms with E-state index in [-0.39, 0.29) is 17.5 Å². The van der Waals surface area contributed by atoms with Crippen molar-refractivity contribution >= 4 is 23.3 Å². The van der Waals surface area contributed by atoms with Crippen molar-refractivity contribution in [2.75, 3.05) is 36.5 Å². The van der Waals surface area contributed by atoms with Crippen LogP contribution in [0.4, 0.5) is 24.5 Å². The molecule has 6 nitrogen and oxygen atoms in total. The third-order valence-corrected chi connectivity index (χ3v) is 5.97. The van der Waals surface area contributed by atoms with Gasteiger partial charge in [-0.2, -0.15) is 13.2 Å². The van der Waals surface area contributed by atoms with Crippen LogP contribution in [0.3, 0.4) is 0 Å². The first-order valence-electron chi connectivity index (χ1n) is 9.49. The summed E-state index contributed by atoms with van der Waals surface area (Å²) in [7, 11) is 0. The van der Waals surface area contributed by atoms with E-state index >= 15 is 0 Å². The third-order valence-electron chi connectivity index (χ3n) is 5.97. The summed E-state index contributed by atoms with van der Waals surface area (Å²) in [6.07, 6.45) is -0.441. The van der Waals surface area contributed by atoms with Crippen molar-refractivity contribution in [3.8, 4) is 0 Å². The van der Waals surface area contributed by atoms with Crippen molar-refractivity contribution in [2.45, 2.75) is 12.6 Å². The van der Waals surface area contributed by atoms with Crippen molar-refractivity contribution in [1.82, 2.24) is 0 Å². The average molecular weight is 409 g/mol. The Balaban J connectivity index is 1.64. The van der Waals surface area contributed by atoms with Gasteiger partial charge in [0.05, 0.1) is 36.1 Å². The number of allylic oxidation sites excluding steroid dienone is 2. The van der Waals surface area contributed by atoms with Crippen LogP contribution < -0.4 is 15.3 Å². The maximum atomic E-state index is 13.2. The highest BCUT2D eigenvalue weighted by molar-refractivity contribution is 5.98. The highest BCUT2D eigenvalue weighted by atomic mass is 19.4. The van der Waals surface area contributed by atoms with Gasteiger partial charge in [0.1, 0.15) is 0 Å². The van der Waals surface area contributed by atoms with Gasteiger partial charge in [0.25, 0.3) is 0 Å². The van der Waals surface area contributed by atoms with E-state index in [2.05, 4.69) is 5.32 Å². The largest absolute Gasteiger partial charge is 0.550 e. The molecule has 1 N–H and O–H groups in total. The molecule has 1 saturated carbocycles. The van der Waals surface area contributed by atoms with E-state index in [0.29, 0.717) is 38.4 Å². The number of aliphatic carboxylic acids is 1. The number of carboxylic acids is 1. The molecule has 1 aromatic rings. The molecule has 1 aromatic carbocycles. The molecule has 2 aliphatic carbocycles. The van der Waals surface area contributed by atoms with Crippen LogP contribution in [0.25, 0.3) is 0 Å². The van der Waals surface area contributed by atoms with Gasteiger partial charge in [-0.15, -0.1) is 0 Å². The number of rotatable bonds is 4. The number of carbonyl (C=O) groups excluding carboxylic acids is 2. The molecular formula is C20H20F3N2O4-. The molecule has 9 heteroatoms. The fraction of sp³-hybridized carbons (Fsp3) is 0.500. The number of nitrogens with zero attached hydrogens (tertiary/aromatic N) is 1.